The number of pyridine rings is 2. The van der Waals surface area contributed by atoms with Crippen molar-refractivity contribution in [3.8, 4) is 6.07 Å². The van der Waals surface area contributed by atoms with Crippen LogP contribution < -0.4 is 0 Å². The number of hydrogen-bond donors (Lipinski definition) is 3. The molecule has 8 heterocycles. The number of aryl methyl sites for hydroxylation is 1. The second kappa shape index (κ2) is 27.1. The van der Waals surface area contributed by atoms with Crippen LogP contribution in [0.2, 0.25) is 5.28 Å². The summed E-state index contributed by atoms with van der Waals surface area (Å²) < 4.78 is 26.3. The highest BCUT2D eigenvalue weighted by Crippen LogP contribution is 2.32. The molecule has 8 aromatic heterocycles. The van der Waals surface area contributed by atoms with Crippen molar-refractivity contribution in [2.75, 3.05) is 0 Å². The molecule has 82 heavy (non-hydrogen) atoms. The third kappa shape index (κ3) is 14.8. The van der Waals surface area contributed by atoms with E-state index in [1.54, 1.807) is 18.6 Å². The van der Waals surface area contributed by atoms with E-state index in [0.29, 0.717) is 45.4 Å². The number of H-pyrrole nitrogens is 3. The van der Waals surface area contributed by atoms with Crippen molar-refractivity contribution >= 4 is 77.7 Å². The summed E-state index contributed by atoms with van der Waals surface area (Å²) in [7, 11) is 0. The van der Waals surface area contributed by atoms with Gasteiger partial charge in [0.1, 0.15) is 53.2 Å². The van der Waals surface area contributed by atoms with Gasteiger partial charge in [0.15, 0.2) is 16.9 Å². The molecule has 0 saturated heterocycles. The minimum atomic E-state index is -0.614. The van der Waals surface area contributed by atoms with Crippen LogP contribution in [-0.2, 0) is 5.41 Å². The van der Waals surface area contributed by atoms with Gasteiger partial charge >= 0.3 is 0 Å². The number of benzene rings is 4. The number of imidazole rings is 3. The standard InChI is InChI=1S/C14H14N2.C13H13F.C12H13N.C9H12N4.C8H9ClN4.C8H9FN4/c1-14(2,3)13-10(8-15)9-16-12-7-5-4-6-11(12)13;1-9(2)13-11-6-4-3-5-10(11)7-8-12(13)14;1-9(2)10-7-8-13-12-6-4-3-5-11(10)12;1-5(2)7-8-9(11-4-10-7)13-6(3)12-8;2*1-4(2)5-6-7(11-3-10-5)13-8(9)12-6/h4-7,9H,1-3H3;3-9H,1-2H3;3-9H,1-2H3;4-5H,1-3H3,(H,10,11,12,13);2*3-4H,1-2H3,(H,10,11,12,13). The maximum absolute atomic E-state index is 13.6. The quantitative estimate of drug-likeness (QED) is 0.137. The van der Waals surface area contributed by atoms with E-state index in [-0.39, 0.29) is 23.1 Å². The first kappa shape index (κ1) is 60.9. The summed E-state index contributed by atoms with van der Waals surface area (Å²) in [6.07, 6.45) is 7.42. The van der Waals surface area contributed by atoms with E-state index in [2.05, 4.69) is 162 Å². The fourth-order valence-electron chi connectivity index (χ4n) is 9.42. The summed E-state index contributed by atoms with van der Waals surface area (Å²) in [6, 6.07) is 31.9. The van der Waals surface area contributed by atoms with Crippen LogP contribution in [0, 0.1) is 30.2 Å². The minimum absolute atomic E-state index is 0.0480. The highest BCUT2D eigenvalue weighted by Gasteiger charge is 2.22. The first-order valence-electron chi connectivity index (χ1n) is 27.3. The van der Waals surface area contributed by atoms with Crippen molar-refractivity contribution in [2.24, 2.45) is 0 Å². The summed E-state index contributed by atoms with van der Waals surface area (Å²) in [5, 5.41) is 14.0. The predicted octanol–water partition coefficient (Wildman–Crippen LogP) is 16.4. The first-order valence-corrected chi connectivity index (χ1v) is 27.6. The van der Waals surface area contributed by atoms with Crippen LogP contribution in [0.5, 0.6) is 0 Å². The topological polar surface area (TPSA) is 213 Å². The maximum atomic E-state index is 13.6. The van der Waals surface area contributed by atoms with Crippen LogP contribution in [0.3, 0.4) is 0 Å². The molecule has 12 rings (SSSR count). The highest BCUT2D eigenvalue weighted by atomic mass is 35.5. The molecule has 4 aromatic carbocycles. The van der Waals surface area contributed by atoms with Crippen LogP contribution in [-0.4, -0.2) is 69.8 Å². The number of rotatable bonds is 5. The Balaban J connectivity index is 0.000000142. The van der Waals surface area contributed by atoms with Crippen LogP contribution >= 0.6 is 11.6 Å². The molecule has 0 bridgehead atoms. The summed E-state index contributed by atoms with van der Waals surface area (Å²) in [5.74, 6) is 2.53. The molecule has 0 radical (unpaired) electrons. The first-order chi connectivity index (χ1) is 39.1. The SMILES string of the molecule is CC(C)(C)c1c(C#N)cnc2ccccc12.CC(C)c1c(F)ccc2ccccc12.CC(C)c1ccnc2ccccc12.CC(C)c1ncnc2nc(Cl)[nH]c12.CC(C)c1ncnc2nc(F)[nH]c12.Cc1nc2ncnc(C(C)C)c2[nH]1. The molecule has 0 aliphatic rings. The molecule has 0 amide bonds. The molecule has 0 spiro atoms. The van der Waals surface area contributed by atoms with Gasteiger partial charge in [-0.3, -0.25) is 9.97 Å². The number of fused-ring (bicyclic) bond motifs is 6. The third-order valence-corrected chi connectivity index (χ3v) is 13.3. The van der Waals surface area contributed by atoms with E-state index >= 15 is 0 Å². The number of aromatic amines is 3. The van der Waals surface area contributed by atoms with Crippen molar-refractivity contribution < 1.29 is 8.78 Å². The van der Waals surface area contributed by atoms with Crippen LogP contribution in [0.1, 0.15) is 165 Å². The van der Waals surface area contributed by atoms with Gasteiger partial charge in [0.2, 0.25) is 5.28 Å². The number of nitrogens with one attached hydrogen (secondary N) is 3. The zero-order valence-electron chi connectivity index (χ0n) is 48.9. The molecule has 15 nitrogen and oxygen atoms in total. The van der Waals surface area contributed by atoms with Gasteiger partial charge in [0, 0.05) is 23.2 Å². The lowest BCUT2D eigenvalue weighted by atomic mass is 9.82. The Hall–Kier alpha value is -8.75. The van der Waals surface area contributed by atoms with Gasteiger partial charge in [-0.25, -0.2) is 39.3 Å². The fourth-order valence-corrected chi connectivity index (χ4v) is 9.60. The molecule has 3 N–H and O–H groups in total. The van der Waals surface area contributed by atoms with Crippen molar-refractivity contribution in [1.82, 2.24) is 69.8 Å². The van der Waals surface area contributed by atoms with Crippen molar-refractivity contribution in [1.29, 1.82) is 5.26 Å². The second-order valence-electron chi connectivity index (χ2n) is 22.0. The van der Waals surface area contributed by atoms with Crippen molar-refractivity contribution in [2.45, 2.75) is 132 Å². The van der Waals surface area contributed by atoms with E-state index in [9.17, 15) is 8.78 Å². The second-order valence-corrected chi connectivity index (χ2v) is 22.4. The number of para-hydroxylation sites is 2. The Bertz CT molecular complexity index is 3930. The lowest BCUT2D eigenvalue weighted by Crippen LogP contribution is -2.14. The number of hydrogen-bond acceptors (Lipinski definition) is 12. The third-order valence-electron chi connectivity index (χ3n) is 13.1. The largest absolute Gasteiger partial charge is 0.339 e. The number of nitrogens with zero attached hydrogens (tertiary/aromatic N) is 12. The van der Waals surface area contributed by atoms with Gasteiger partial charge in [-0.05, 0) is 105 Å². The number of nitriles is 1. The summed E-state index contributed by atoms with van der Waals surface area (Å²) in [4.78, 5) is 53.5. The molecule has 12 aromatic rings. The molecule has 18 heteroatoms. The van der Waals surface area contributed by atoms with E-state index in [1.165, 1.54) is 23.6 Å². The Morgan fingerprint density at radius 2 is 1.01 bits per heavy atom. The molecule has 422 valence electrons. The Morgan fingerprint density at radius 1 is 0.512 bits per heavy atom. The summed E-state index contributed by atoms with van der Waals surface area (Å²) >= 11 is 5.73. The predicted molar refractivity (Wildman–Crippen MR) is 326 cm³/mol. The van der Waals surface area contributed by atoms with E-state index < -0.39 is 6.08 Å². The molecule has 0 unspecified atom stereocenters. The molecule has 0 saturated carbocycles. The molecule has 0 aliphatic carbocycles. The number of aromatic nitrogens is 14. The minimum Gasteiger partial charge on any atom is -0.339 e. The van der Waals surface area contributed by atoms with E-state index in [4.69, 9.17) is 16.9 Å². The van der Waals surface area contributed by atoms with Gasteiger partial charge in [-0.2, -0.15) is 19.6 Å². The van der Waals surface area contributed by atoms with Crippen LogP contribution in [0.4, 0.5) is 8.78 Å². The van der Waals surface area contributed by atoms with Crippen molar-refractivity contribution in [3.05, 3.63) is 185 Å². The molecular weight excluding hydrogens is 1050 g/mol. The number of halogens is 3. The fraction of sp³-hybridized carbons (Fsp3) is 0.312. The van der Waals surface area contributed by atoms with Gasteiger partial charge < -0.3 is 15.0 Å². The smallest absolute Gasteiger partial charge is 0.289 e. The highest BCUT2D eigenvalue weighted by molar-refractivity contribution is 6.29. The van der Waals surface area contributed by atoms with Crippen molar-refractivity contribution in [3.63, 3.8) is 0 Å². The van der Waals surface area contributed by atoms with Crippen LogP contribution in [0.25, 0.3) is 66.1 Å². The van der Waals surface area contributed by atoms with E-state index in [0.717, 1.165) is 77.9 Å². The zero-order valence-corrected chi connectivity index (χ0v) is 49.7. The van der Waals surface area contributed by atoms with Gasteiger partial charge in [-0.15, -0.1) is 0 Å². The van der Waals surface area contributed by atoms with Gasteiger partial charge in [0.05, 0.1) is 33.7 Å². The molecule has 0 atom stereocenters. The zero-order chi connectivity index (χ0) is 59.4. The maximum Gasteiger partial charge on any atom is 0.289 e. The molecule has 0 aliphatic heterocycles. The van der Waals surface area contributed by atoms with Crippen LogP contribution in [0.15, 0.2) is 122 Å². The summed E-state index contributed by atoms with van der Waals surface area (Å²) in [5.41, 5.74) is 12.9. The normalized spacial score (nSPS) is 11.3. The summed E-state index contributed by atoms with van der Waals surface area (Å²) in [6.45, 7) is 29.1. The van der Waals surface area contributed by atoms with E-state index in [1.807, 2.05) is 101 Å². The average molecular weight is 1120 g/mol. The van der Waals surface area contributed by atoms with Gasteiger partial charge in [-0.1, -0.05) is 157 Å². The monoisotopic (exact) mass is 1120 g/mol. The Kier molecular flexibility index (Phi) is 20.2. The lowest BCUT2D eigenvalue weighted by molar-refractivity contribution is 0.555. The Morgan fingerprint density at radius 3 is 1.56 bits per heavy atom. The Labute approximate surface area is 482 Å². The van der Waals surface area contributed by atoms with Gasteiger partial charge in [0.25, 0.3) is 6.08 Å². The molecular formula is C64H70ClF2N15. The molecule has 0 fully saturated rings. The average Bonchev–Trinajstić information content (AvgIpc) is 4.26. The lowest BCUT2D eigenvalue weighted by Gasteiger charge is -2.22.